The third-order valence-electron chi connectivity index (χ3n) is 9.87. The van der Waals surface area contributed by atoms with Crippen molar-refractivity contribution in [3.05, 3.63) is 119 Å². The highest BCUT2D eigenvalue weighted by Gasteiger charge is 2.40. The molecule has 4 heterocycles. The molecular weight excluding hydrogens is 667 g/mol. The fraction of sp³-hybridized carbons (Fsp3) is 0.326. The lowest BCUT2D eigenvalue weighted by molar-refractivity contribution is 0.253. The maximum atomic E-state index is 13.4. The minimum atomic E-state index is -0.445. The van der Waals surface area contributed by atoms with Crippen LogP contribution in [0.25, 0.3) is 35.3 Å². The van der Waals surface area contributed by atoms with E-state index in [9.17, 15) is 8.78 Å². The molecule has 0 spiro atoms. The number of nitrogens with one attached hydrogen (secondary N) is 2. The van der Waals surface area contributed by atoms with E-state index in [0.29, 0.717) is 24.4 Å². The Morgan fingerprint density at radius 2 is 1.62 bits per heavy atom. The number of hydrogen-bond acceptors (Lipinski definition) is 7. The highest BCUT2D eigenvalue weighted by atomic mass is 19.1. The van der Waals surface area contributed by atoms with Crippen LogP contribution in [0.2, 0.25) is 0 Å². The van der Waals surface area contributed by atoms with E-state index < -0.39 is 5.82 Å². The van der Waals surface area contributed by atoms with E-state index in [1.807, 2.05) is 39.0 Å². The molecule has 0 bridgehead atoms. The third-order valence-corrected chi connectivity index (χ3v) is 9.87. The lowest BCUT2D eigenvalue weighted by Gasteiger charge is -2.39. The van der Waals surface area contributed by atoms with Gasteiger partial charge < -0.3 is 15.1 Å². The number of halogens is 2. The Morgan fingerprint density at radius 3 is 2.28 bits per heavy atom. The normalized spacial score (nSPS) is 18.0. The van der Waals surface area contributed by atoms with E-state index in [-0.39, 0.29) is 11.2 Å². The summed E-state index contributed by atoms with van der Waals surface area (Å²) in [5, 5.41) is 12.6. The van der Waals surface area contributed by atoms with Crippen LogP contribution in [0.3, 0.4) is 0 Å². The van der Waals surface area contributed by atoms with Crippen molar-refractivity contribution in [1.82, 2.24) is 35.3 Å². The van der Waals surface area contributed by atoms with Crippen LogP contribution in [0.4, 0.5) is 14.5 Å². The van der Waals surface area contributed by atoms with Crippen LogP contribution >= 0.6 is 0 Å². The summed E-state index contributed by atoms with van der Waals surface area (Å²) in [5.41, 5.74) is 6.35. The van der Waals surface area contributed by atoms with Crippen molar-refractivity contribution < 1.29 is 8.78 Å². The molecule has 10 heteroatoms. The van der Waals surface area contributed by atoms with Gasteiger partial charge >= 0.3 is 0 Å². The second-order valence-corrected chi connectivity index (χ2v) is 13.3. The standard InChI is InChI=1S/C41H44F2N8.C2H6/c1-6-18-41(32(5)46-29(2)8-7-9-38-31(4)39(48-47-38)33-10-14-35(42)15-11-33)19-20-49(28-41)27-30(3)50-21-23-51(24-22-50)37-16-12-34(13-17-37)40-44-25-36(43)26-45-40;1-2/h1,8-17,25-26,46-47H,3-5,7,18-24,27-28H2,2H3;1-2H3/b29-8+,38-9+;. The van der Waals surface area contributed by atoms with Gasteiger partial charge in [-0.3, -0.25) is 10.00 Å². The molecule has 2 aromatic heterocycles. The number of piperazine rings is 1. The smallest absolute Gasteiger partial charge is 0.159 e. The number of H-pyrrole nitrogens is 1. The van der Waals surface area contributed by atoms with Crippen molar-refractivity contribution in [3.63, 3.8) is 0 Å². The average molecular weight is 717 g/mol. The van der Waals surface area contributed by atoms with Crippen molar-refractivity contribution >= 4 is 18.3 Å². The van der Waals surface area contributed by atoms with Crippen LogP contribution in [-0.4, -0.2) is 75.8 Å². The molecule has 276 valence electrons. The molecule has 0 saturated carbocycles. The number of aromatic amines is 1. The van der Waals surface area contributed by atoms with Crippen LogP contribution in [-0.2, 0) is 0 Å². The number of aromatic nitrogens is 4. The molecule has 1 unspecified atom stereocenters. The average Bonchev–Trinajstić information content (AvgIpc) is 3.76. The summed E-state index contributed by atoms with van der Waals surface area (Å²) in [4.78, 5) is 15.4. The summed E-state index contributed by atoms with van der Waals surface area (Å²) in [6, 6.07) is 14.4. The van der Waals surface area contributed by atoms with E-state index in [4.69, 9.17) is 6.42 Å². The van der Waals surface area contributed by atoms with Crippen LogP contribution < -0.4 is 20.8 Å². The Labute approximate surface area is 312 Å². The van der Waals surface area contributed by atoms with Crippen molar-refractivity contribution in [1.29, 1.82) is 0 Å². The van der Waals surface area contributed by atoms with Gasteiger partial charge in [0.1, 0.15) is 5.82 Å². The predicted octanol–water partition coefficient (Wildman–Crippen LogP) is 6.48. The molecule has 4 aromatic rings. The van der Waals surface area contributed by atoms with Crippen LogP contribution in [0, 0.1) is 29.4 Å². The molecule has 6 rings (SSSR count). The Bertz CT molecular complexity index is 2040. The van der Waals surface area contributed by atoms with E-state index in [2.05, 4.69) is 84.0 Å². The van der Waals surface area contributed by atoms with Crippen molar-refractivity contribution in [3.8, 4) is 35.0 Å². The van der Waals surface area contributed by atoms with Gasteiger partial charge in [0, 0.05) is 90.2 Å². The van der Waals surface area contributed by atoms with Gasteiger partial charge in [0.2, 0.25) is 0 Å². The van der Waals surface area contributed by atoms with E-state index >= 15 is 0 Å². The number of likely N-dealkylation sites (tertiary alicyclic amines) is 1. The van der Waals surface area contributed by atoms with Crippen LogP contribution in [0.15, 0.2) is 97.2 Å². The third kappa shape index (κ3) is 9.48. The van der Waals surface area contributed by atoms with Gasteiger partial charge in [0.25, 0.3) is 0 Å². The molecule has 2 saturated heterocycles. The molecule has 2 fully saturated rings. The number of terminal acetylenes is 1. The largest absolute Gasteiger partial charge is 0.371 e. The summed E-state index contributed by atoms with van der Waals surface area (Å²) in [5.74, 6) is 2.70. The SMILES string of the molecule is C#CCC1(C(=C)N/C(C)=C/C/C=c2/[nH]nc(-c3ccc(F)cc3)c2=C)CCN(CC(=C)N2CCN(c3ccc(-c4ncc(F)cn4)cc3)CC2)C1.CC. The van der Waals surface area contributed by atoms with Crippen LogP contribution in [0.1, 0.15) is 40.0 Å². The summed E-state index contributed by atoms with van der Waals surface area (Å²) >= 11 is 0. The molecule has 2 N–H and O–H groups in total. The first kappa shape index (κ1) is 38.7. The summed E-state index contributed by atoms with van der Waals surface area (Å²) in [6.07, 6.45) is 14.6. The molecule has 2 aromatic carbocycles. The number of nitrogens with zero attached hydrogens (tertiary/aromatic N) is 6. The highest BCUT2D eigenvalue weighted by molar-refractivity contribution is 5.61. The van der Waals surface area contributed by atoms with E-state index in [0.717, 1.165) is 96.7 Å². The quantitative estimate of drug-likeness (QED) is 0.163. The summed E-state index contributed by atoms with van der Waals surface area (Å²) < 4.78 is 26.6. The molecule has 53 heavy (non-hydrogen) atoms. The summed E-state index contributed by atoms with van der Waals surface area (Å²) in [7, 11) is 0. The Hall–Kier alpha value is -5.53. The van der Waals surface area contributed by atoms with E-state index in [1.54, 1.807) is 12.1 Å². The van der Waals surface area contributed by atoms with Crippen molar-refractivity contribution in [2.45, 2.75) is 40.0 Å². The molecule has 0 radical (unpaired) electrons. The lowest BCUT2D eigenvalue weighted by atomic mass is 9.80. The first-order valence-electron chi connectivity index (χ1n) is 18.2. The van der Waals surface area contributed by atoms with Crippen LogP contribution in [0.5, 0.6) is 0 Å². The second-order valence-electron chi connectivity index (χ2n) is 13.3. The monoisotopic (exact) mass is 716 g/mol. The minimum Gasteiger partial charge on any atom is -0.371 e. The molecule has 2 aliphatic heterocycles. The number of allylic oxidation sites excluding steroid dienone is 2. The van der Waals surface area contributed by atoms with Gasteiger partial charge in [-0.2, -0.15) is 5.10 Å². The zero-order chi connectivity index (χ0) is 38.0. The zero-order valence-corrected chi connectivity index (χ0v) is 31.1. The molecule has 0 aliphatic carbocycles. The number of hydrogen-bond donors (Lipinski definition) is 2. The second kappa shape index (κ2) is 17.8. The zero-order valence-electron chi connectivity index (χ0n) is 31.1. The highest BCUT2D eigenvalue weighted by Crippen LogP contribution is 2.39. The number of anilines is 1. The van der Waals surface area contributed by atoms with Crippen molar-refractivity contribution in [2.75, 3.05) is 50.7 Å². The maximum Gasteiger partial charge on any atom is 0.159 e. The molecule has 8 nitrogen and oxygen atoms in total. The fourth-order valence-electron chi connectivity index (χ4n) is 6.88. The Kier molecular flexibility index (Phi) is 13.0. The van der Waals surface area contributed by atoms with Gasteiger partial charge in [-0.25, -0.2) is 18.7 Å². The summed E-state index contributed by atoms with van der Waals surface area (Å²) in [6.45, 7) is 25.2. The van der Waals surface area contributed by atoms with Gasteiger partial charge in [-0.15, -0.1) is 12.3 Å². The Morgan fingerprint density at radius 1 is 0.962 bits per heavy atom. The maximum absolute atomic E-state index is 13.4. The fourth-order valence-corrected chi connectivity index (χ4v) is 6.88. The van der Waals surface area contributed by atoms with E-state index in [1.165, 1.54) is 24.5 Å². The molecular formula is C43H50F2N8. The molecule has 2 aliphatic rings. The first-order chi connectivity index (χ1) is 25.6. The van der Waals surface area contributed by atoms with Gasteiger partial charge in [-0.05, 0) is 74.8 Å². The Balaban J connectivity index is 0.00000266. The topological polar surface area (TPSA) is 76.2 Å². The minimum absolute atomic E-state index is 0.231. The van der Waals surface area contributed by atoms with Gasteiger partial charge in [0.05, 0.1) is 23.4 Å². The van der Waals surface area contributed by atoms with Gasteiger partial charge in [-0.1, -0.05) is 45.7 Å². The number of benzene rings is 2. The first-order valence-corrected chi connectivity index (χ1v) is 18.2. The lowest BCUT2D eigenvalue weighted by Crippen LogP contribution is -2.47. The van der Waals surface area contributed by atoms with Gasteiger partial charge in [0.15, 0.2) is 11.6 Å². The molecule has 1 atom stereocenters. The predicted molar refractivity (Wildman–Crippen MR) is 213 cm³/mol. The van der Waals surface area contributed by atoms with Crippen molar-refractivity contribution in [2.24, 2.45) is 5.41 Å². The number of rotatable bonds is 12. The molecule has 0 amide bonds.